The first kappa shape index (κ1) is 16.0. The molecule has 0 aromatic heterocycles. The van der Waals surface area contributed by atoms with Crippen LogP contribution in [0.15, 0.2) is 24.3 Å². The van der Waals surface area contributed by atoms with Crippen molar-refractivity contribution in [1.29, 1.82) is 0 Å². The summed E-state index contributed by atoms with van der Waals surface area (Å²) in [7, 11) is 0. The summed E-state index contributed by atoms with van der Waals surface area (Å²) in [6.07, 6.45) is 2.45. The van der Waals surface area contributed by atoms with Crippen molar-refractivity contribution in [2.45, 2.75) is 39.2 Å². The fourth-order valence-corrected chi connectivity index (χ4v) is 1.93. The highest BCUT2D eigenvalue weighted by atomic mass is 35.5. The molecule has 0 saturated carbocycles. The maximum Gasteiger partial charge on any atom is 0.220 e. The van der Waals surface area contributed by atoms with Crippen LogP contribution in [0.25, 0.3) is 0 Å². The van der Waals surface area contributed by atoms with Gasteiger partial charge >= 0.3 is 0 Å². The van der Waals surface area contributed by atoms with Gasteiger partial charge in [-0.1, -0.05) is 23.7 Å². The van der Waals surface area contributed by atoms with E-state index >= 15 is 0 Å². The van der Waals surface area contributed by atoms with Gasteiger partial charge in [0.1, 0.15) is 0 Å². The van der Waals surface area contributed by atoms with Gasteiger partial charge in [-0.05, 0) is 44.4 Å². The van der Waals surface area contributed by atoms with E-state index < -0.39 is 0 Å². The minimum atomic E-state index is 0.0781. The monoisotopic (exact) mass is 283 g/mol. The van der Waals surface area contributed by atoms with Crippen LogP contribution in [0.3, 0.4) is 0 Å². The number of hydrogen-bond donors (Lipinski definition) is 1. The van der Waals surface area contributed by atoms with Crippen molar-refractivity contribution >= 4 is 17.5 Å². The molecule has 1 aromatic rings. The predicted molar refractivity (Wildman–Crippen MR) is 78.5 cm³/mol. The molecular weight excluding hydrogens is 262 g/mol. The van der Waals surface area contributed by atoms with E-state index in [1.165, 1.54) is 5.56 Å². The lowest BCUT2D eigenvalue weighted by atomic mass is 10.1. The van der Waals surface area contributed by atoms with E-state index in [0.29, 0.717) is 19.6 Å². The second-order valence-corrected chi connectivity index (χ2v) is 5.19. The summed E-state index contributed by atoms with van der Waals surface area (Å²) in [5.41, 5.74) is 1.17. The van der Waals surface area contributed by atoms with Gasteiger partial charge in [0.15, 0.2) is 0 Å². The van der Waals surface area contributed by atoms with E-state index in [-0.39, 0.29) is 12.0 Å². The lowest BCUT2D eigenvalue weighted by Crippen LogP contribution is -2.27. The molecule has 0 unspecified atom stereocenters. The minimum Gasteiger partial charge on any atom is -0.377 e. The molecule has 1 aromatic carbocycles. The number of halogens is 1. The third-order valence-electron chi connectivity index (χ3n) is 2.63. The molecule has 0 radical (unpaired) electrons. The molecule has 0 bridgehead atoms. The van der Waals surface area contributed by atoms with Crippen molar-refractivity contribution in [3.05, 3.63) is 34.9 Å². The molecule has 4 heteroatoms. The average Bonchev–Trinajstić information content (AvgIpc) is 2.34. The van der Waals surface area contributed by atoms with Gasteiger partial charge in [-0.15, -0.1) is 0 Å². The molecule has 0 aliphatic heterocycles. The van der Waals surface area contributed by atoms with Crippen molar-refractivity contribution in [2.75, 3.05) is 13.2 Å². The molecule has 0 saturated heterocycles. The summed E-state index contributed by atoms with van der Waals surface area (Å²) in [6.45, 7) is 5.10. The van der Waals surface area contributed by atoms with Gasteiger partial charge in [-0.2, -0.15) is 0 Å². The summed E-state index contributed by atoms with van der Waals surface area (Å²) < 4.78 is 5.35. The number of nitrogens with one attached hydrogen (secondary N) is 1. The minimum absolute atomic E-state index is 0.0781. The maximum absolute atomic E-state index is 11.6. The molecule has 0 aliphatic carbocycles. The predicted octanol–water partition coefficient (Wildman–Crippen LogP) is 3.20. The molecule has 1 amide bonds. The summed E-state index contributed by atoms with van der Waals surface area (Å²) in [5, 5.41) is 3.59. The van der Waals surface area contributed by atoms with Crippen LogP contribution in [0, 0.1) is 0 Å². The SMILES string of the molecule is CC(C)OCCNC(=O)CCCc1cccc(Cl)c1. The standard InChI is InChI=1S/C15H22ClNO2/c1-12(2)19-10-9-17-15(18)8-4-6-13-5-3-7-14(16)11-13/h3,5,7,11-12H,4,6,8-10H2,1-2H3,(H,17,18). The topological polar surface area (TPSA) is 38.3 Å². The molecule has 106 valence electrons. The molecule has 19 heavy (non-hydrogen) atoms. The Morgan fingerprint density at radius 1 is 1.42 bits per heavy atom. The van der Waals surface area contributed by atoms with E-state index in [4.69, 9.17) is 16.3 Å². The number of aryl methyl sites for hydroxylation is 1. The van der Waals surface area contributed by atoms with Crippen molar-refractivity contribution in [2.24, 2.45) is 0 Å². The van der Waals surface area contributed by atoms with Crippen LogP contribution in [-0.2, 0) is 16.0 Å². The molecule has 0 aliphatic rings. The number of ether oxygens (including phenoxy) is 1. The Labute approximate surface area is 120 Å². The Kier molecular flexibility index (Phi) is 7.53. The normalized spacial score (nSPS) is 10.7. The Morgan fingerprint density at radius 3 is 2.89 bits per heavy atom. The highest BCUT2D eigenvalue weighted by molar-refractivity contribution is 6.30. The van der Waals surface area contributed by atoms with Gasteiger partial charge in [0.05, 0.1) is 12.7 Å². The van der Waals surface area contributed by atoms with Crippen LogP contribution in [0.5, 0.6) is 0 Å². The largest absolute Gasteiger partial charge is 0.377 e. The molecule has 1 N–H and O–H groups in total. The quantitative estimate of drug-likeness (QED) is 0.744. The summed E-state index contributed by atoms with van der Waals surface area (Å²) in [6, 6.07) is 7.75. The molecular formula is C15H22ClNO2. The Hall–Kier alpha value is -1.06. The fourth-order valence-electron chi connectivity index (χ4n) is 1.72. The van der Waals surface area contributed by atoms with Crippen molar-refractivity contribution < 1.29 is 9.53 Å². The van der Waals surface area contributed by atoms with Gasteiger partial charge in [0.2, 0.25) is 5.91 Å². The van der Waals surface area contributed by atoms with Gasteiger partial charge < -0.3 is 10.1 Å². The summed E-state index contributed by atoms with van der Waals surface area (Å²) >= 11 is 5.90. The highest BCUT2D eigenvalue weighted by Gasteiger charge is 2.02. The first-order chi connectivity index (χ1) is 9.08. The fraction of sp³-hybridized carbons (Fsp3) is 0.533. The molecule has 0 atom stereocenters. The molecule has 0 heterocycles. The lowest BCUT2D eigenvalue weighted by Gasteiger charge is -2.08. The smallest absolute Gasteiger partial charge is 0.220 e. The van der Waals surface area contributed by atoms with Crippen LogP contribution < -0.4 is 5.32 Å². The number of amides is 1. The Bertz CT molecular complexity index is 393. The Morgan fingerprint density at radius 2 is 2.21 bits per heavy atom. The molecule has 3 nitrogen and oxygen atoms in total. The maximum atomic E-state index is 11.6. The van der Waals surface area contributed by atoms with Crippen molar-refractivity contribution in [3.8, 4) is 0 Å². The third-order valence-corrected chi connectivity index (χ3v) is 2.87. The summed E-state index contributed by atoms with van der Waals surface area (Å²) in [4.78, 5) is 11.6. The van der Waals surface area contributed by atoms with E-state index in [0.717, 1.165) is 17.9 Å². The second-order valence-electron chi connectivity index (χ2n) is 4.75. The molecule has 0 spiro atoms. The first-order valence-electron chi connectivity index (χ1n) is 6.70. The van der Waals surface area contributed by atoms with Gasteiger partial charge in [0, 0.05) is 18.0 Å². The summed E-state index contributed by atoms with van der Waals surface area (Å²) in [5.74, 6) is 0.0781. The zero-order valence-corrected chi connectivity index (χ0v) is 12.4. The van der Waals surface area contributed by atoms with Gasteiger partial charge in [-0.25, -0.2) is 0 Å². The second kappa shape index (κ2) is 8.94. The van der Waals surface area contributed by atoms with Crippen molar-refractivity contribution in [1.82, 2.24) is 5.32 Å². The van der Waals surface area contributed by atoms with Crippen LogP contribution in [-0.4, -0.2) is 25.2 Å². The van der Waals surface area contributed by atoms with E-state index in [1.54, 1.807) is 0 Å². The Balaban J connectivity index is 2.10. The third kappa shape index (κ3) is 7.85. The van der Waals surface area contributed by atoms with Crippen LogP contribution in [0.1, 0.15) is 32.3 Å². The van der Waals surface area contributed by atoms with E-state index in [2.05, 4.69) is 5.32 Å². The number of carbonyl (C=O) groups excluding carboxylic acids is 1. The van der Waals surface area contributed by atoms with Gasteiger partial charge in [0.25, 0.3) is 0 Å². The lowest BCUT2D eigenvalue weighted by molar-refractivity contribution is -0.121. The zero-order chi connectivity index (χ0) is 14.1. The molecule has 0 fully saturated rings. The van der Waals surface area contributed by atoms with Crippen LogP contribution >= 0.6 is 11.6 Å². The van der Waals surface area contributed by atoms with E-state index in [1.807, 2.05) is 38.1 Å². The van der Waals surface area contributed by atoms with E-state index in [9.17, 15) is 4.79 Å². The van der Waals surface area contributed by atoms with Crippen LogP contribution in [0.2, 0.25) is 5.02 Å². The van der Waals surface area contributed by atoms with Gasteiger partial charge in [-0.3, -0.25) is 4.79 Å². The molecule has 1 rings (SSSR count). The number of hydrogen-bond acceptors (Lipinski definition) is 2. The van der Waals surface area contributed by atoms with Crippen LogP contribution in [0.4, 0.5) is 0 Å². The first-order valence-corrected chi connectivity index (χ1v) is 7.08. The zero-order valence-electron chi connectivity index (χ0n) is 11.6. The number of carbonyl (C=O) groups is 1. The highest BCUT2D eigenvalue weighted by Crippen LogP contribution is 2.12. The van der Waals surface area contributed by atoms with Crippen molar-refractivity contribution in [3.63, 3.8) is 0 Å². The number of benzene rings is 1. The number of rotatable bonds is 8. The average molecular weight is 284 g/mol.